The third-order valence-electron chi connectivity index (χ3n) is 4.21. The first-order valence-corrected chi connectivity index (χ1v) is 8.55. The summed E-state index contributed by atoms with van der Waals surface area (Å²) >= 11 is 0. The molecular weight excluding hydrogens is 306 g/mol. The summed E-state index contributed by atoms with van der Waals surface area (Å²) in [5.41, 5.74) is 1.84. The first-order chi connectivity index (χ1) is 11.6. The SMILES string of the molecule is CCc1c(NC(=O)NC2CCc3ncnn3C2)cnn1CC(C)C. The number of carbonyl (C=O) groups is 1. The number of hydrogen-bond donors (Lipinski definition) is 2. The van der Waals surface area contributed by atoms with Crippen LogP contribution in [0.5, 0.6) is 0 Å². The number of urea groups is 1. The van der Waals surface area contributed by atoms with Crippen LogP contribution in [0.2, 0.25) is 0 Å². The zero-order valence-corrected chi connectivity index (χ0v) is 14.5. The first kappa shape index (κ1) is 16.5. The molecular formula is C16H25N7O. The molecule has 1 aliphatic rings. The van der Waals surface area contributed by atoms with Crippen molar-refractivity contribution in [3.63, 3.8) is 0 Å². The van der Waals surface area contributed by atoms with Gasteiger partial charge in [-0.2, -0.15) is 10.2 Å². The molecule has 8 heteroatoms. The Hall–Kier alpha value is -2.38. The lowest BCUT2D eigenvalue weighted by molar-refractivity contribution is 0.243. The number of nitrogens with one attached hydrogen (secondary N) is 2. The molecule has 2 N–H and O–H groups in total. The van der Waals surface area contributed by atoms with E-state index in [-0.39, 0.29) is 12.1 Å². The van der Waals surface area contributed by atoms with E-state index in [2.05, 4.69) is 46.6 Å². The summed E-state index contributed by atoms with van der Waals surface area (Å²) in [6.45, 7) is 7.90. The van der Waals surface area contributed by atoms with Crippen molar-refractivity contribution in [2.24, 2.45) is 5.92 Å². The van der Waals surface area contributed by atoms with E-state index in [1.165, 1.54) is 0 Å². The number of rotatable bonds is 5. The molecule has 2 amide bonds. The first-order valence-electron chi connectivity index (χ1n) is 8.55. The van der Waals surface area contributed by atoms with Crippen LogP contribution in [0.1, 0.15) is 38.7 Å². The molecule has 8 nitrogen and oxygen atoms in total. The summed E-state index contributed by atoms with van der Waals surface area (Å²) in [7, 11) is 0. The highest BCUT2D eigenvalue weighted by atomic mass is 16.2. The summed E-state index contributed by atoms with van der Waals surface area (Å²) in [4.78, 5) is 16.5. The third kappa shape index (κ3) is 3.58. The molecule has 0 bridgehead atoms. The second-order valence-corrected chi connectivity index (χ2v) is 6.63. The van der Waals surface area contributed by atoms with Crippen LogP contribution in [0.15, 0.2) is 12.5 Å². The summed E-state index contributed by atoms with van der Waals surface area (Å²) in [5, 5.41) is 14.5. The Morgan fingerprint density at radius 2 is 2.25 bits per heavy atom. The predicted octanol–water partition coefficient (Wildman–Crippen LogP) is 1.83. The van der Waals surface area contributed by atoms with Gasteiger partial charge in [-0.15, -0.1) is 0 Å². The number of aryl methyl sites for hydroxylation is 1. The fourth-order valence-corrected chi connectivity index (χ4v) is 3.09. The zero-order valence-electron chi connectivity index (χ0n) is 14.5. The highest BCUT2D eigenvalue weighted by Crippen LogP contribution is 2.17. The second-order valence-electron chi connectivity index (χ2n) is 6.63. The molecule has 3 heterocycles. The molecule has 1 aliphatic heterocycles. The Kier molecular flexibility index (Phi) is 4.82. The third-order valence-corrected chi connectivity index (χ3v) is 4.21. The molecule has 0 saturated heterocycles. The van der Waals surface area contributed by atoms with Crippen molar-refractivity contribution >= 4 is 11.7 Å². The van der Waals surface area contributed by atoms with Gasteiger partial charge in [0.05, 0.1) is 30.2 Å². The molecule has 0 spiro atoms. The summed E-state index contributed by atoms with van der Waals surface area (Å²) in [5.74, 6) is 1.49. The van der Waals surface area contributed by atoms with Gasteiger partial charge in [0.2, 0.25) is 0 Å². The van der Waals surface area contributed by atoms with Crippen molar-refractivity contribution in [2.45, 2.75) is 59.2 Å². The van der Waals surface area contributed by atoms with Gasteiger partial charge in [0.1, 0.15) is 12.2 Å². The maximum Gasteiger partial charge on any atom is 0.319 e. The van der Waals surface area contributed by atoms with E-state index in [0.29, 0.717) is 12.5 Å². The van der Waals surface area contributed by atoms with Crippen LogP contribution in [0.4, 0.5) is 10.5 Å². The molecule has 0 fully saturated rings. The molecule has 130 valence electrons. The smallest absolute Gasteiger partial charge is 0.319 e. The van der Waals surface area contributed by atoms with E-state index < -0.39 is 0 Å². The highest BCUT2D eigenvalue weighted by molar-refractivity contribution is 5.89. The number of nitrogens with zero attached hydrogens (tertiary/aromatic N) is 5. The lowest BCUT2D eigenvalue weighted by Crippen LogP contribution is -2.43. The van der Waals surface area contributed by atoms with Gasteiger partial charge < -0.3 is 10.6 Å². The van der Waals surface area contributed by atoms with E-state index >= 15 is 0 Å². The van der Waals surface area contributed by atoms with Gasteiger partial charge in [-0.25, -0.2) is 14.5 Å². The van der Waals surface area contributed by atoms with Gasteiger partial charge in [0.25, 0.3) is 0 Å². The standard InChI is InChI=1S/C16H25N7O/c1-4-14-13(7-18-22(14)8-11(2)3)21-16(24)20-12-5-6-15-17-10-19-23(15)9-12/h7,10-12H,4-6,8-9H2,1-3H3,(H2,20,21,24). The molecule has 0 aromatic carbocycles. The van der Waals surface area contributed by atoms with Gasteiger partial charge in [-0.1, -0.05) is 20.8 Å². The van der Waals surface area contributed by atoms with Gasteiger partial charge in [-0.05, 0) is 18.8 Å². The fraction of sp³-hybridized carbons (Fsp3) is 0.625. The monoisotopic (exact) mass is 331 g/mol. The Labute approximate surface area is 141 Å². The van der Waals surface area contributed by atoms with Crippen molar-refractivity contribution in [1.29, 1.82) is 0 Å². The molecule has 0 saturated carbocycles. The number of amides is 2. The van der Waals surface area contributed by atoms with Gasteiger partial charge >= 0.3 is 6.03 Å². The number of aromatic nitrogens is 5. The van der Waals surface area contributed by atoms with E-state index in [4.69, 9.17) is 0 Å². The van der Waals surface area contributed by atoms with Crippen LogP contribution in [0.3, 0.4) is 0 Å². The Bertz CT molecular complexity index is 703. The lowest BCUT2D eigenvalue weighted by atomic mass is 10.1. The topological polar surface area (TPSA) is 89.7 Å². The van der Waals surface area contributed by atoms with Gasteiger partial charge in [0, 0.05) is 13.0 Å². The number of anilines is 1. The van der Waals surface area contributed by atoms with Crippen LogP contribution in [0.25, 0.3) is 0 Å². The Morgan fingerprint density at radius 3 is 3.00 bits per heavy atom. The van der Waals surface area contributed by atoms with Crippen molar-refractivity contribution in [1.82, 2.24) is 29.9 Å². The van der Waals surface area contributed by atoms with E-state index in [1.54, 1.807) is 12.5 Å². The molecule has 2 aromatic heterocycles. The number of hydrogen-bond acceptors (Lipinski definition) is 4. The second kappa shape index (κ2) is 7.02. The highest BCUT2D eigenvalue weighted by Gasteiger charge is 2.22. The Morgan fingerprint density at radius 1 is 1.42 bits per heavy atom. The number of fused-ring (bicyclic) bond motifs is 1. The minimum atomic E-state index is -0.192. The minimum Gasteiger partial charge on any atom is -0.333 e. The molecule has 2 aromatic rings. The normalized spacial score (nSPS) is 16.9. The Balaban J connectivity index is 1.60. The quantitative estimate of drug-likeness (QED) is 0.874. The van der Waals surface area contributed by atoms with Crippen molar-refractivity contribution in [3.8, 4) is 0 Å². The van der Waals surface area contributed by atoms with Crippen molar-refractivity contribution < 1.29 is 4.79 Å². The van der Waals surface area contributed by atoms with Gasteiger partial charge in [-0.3, -0.25) is 4.68 Å². The maximum absolute atomic E-state index is 12.3. The van der Waals surface area contributed by atoms with Crippen LogP contribution >= 0.6 is 0 Å². The van der Waals surface area contributed by atoms with E-state index in [9.17, 15) is 4.79 Å². The zero-order chi connectivity index (χ0) is 17.1. The molecule has 3 rings (SSSR count). The van der Waals surface area contributed by atoms with E-state index in [0.717, 1.165) is 43.0 Å². The van der Waals surface area contributed by atoms with Crippen LogP contribution in [-0.4, -0.2) is 36.6 Å². The molecule has 24 heavy (non-hydrogen) atoms. The maximum atomic E-state index is 12.3. The lowest BCUT2D eigenvalue weighted by Gasteiger charge is -2.23. The molecule has 0 radical (unpaired) electrons. The largest absolute Gasteiger partial charge is 0.333 e. The molecule has 1 atom stereocenters. The average molecular weight is 331 g/mol. The van der Waals surface area contributed by atoms with Crippen molar-refractivity contribution in [3.05, 3.63) is 24.0 Å². The predicted molar refractivity (Wildman–Crippen MR) is 90.7 cm³/mol. The van der Waals surface area contributed by atoms with E-state index in [1.807, 2.05) is 9.36 Å². The average Bonchev–Trinajstić information content (AvgIpc) is 3.13. The molecule has 0 aliphatic carbocycles. The van der Waals surface area contributed by atoms with Crippen LogP contribution in [-0.2, 0) is 25.9 Å². The minimum absolute atomic E-state index is 0.0648. The van der Waals surface area contributed by atoms with Gasteiger partial charge in [0.15, 0.2) is 0 Å². The van der Waals surface area contributed by atoms with Crippen LogP contribution in [0, 0.1) is 5.92 Å². The molecule has 1 unspecified atom stereocenters. The van der Waals surface area contributed by atoms with Crippen molar-refractivity contribution in [2.75, 3.05) is 5.32 Å². The summed E-state index contributed by atoms with van der Waals surface area (Å²) in [6.07, 6.45) is 5.83. The number of carbonyl (C=O) groups excluding carboxylic acids is 1. The fourth-order valence-electron chi connectivity index (χ4n) is 3.09. The summed E-state index contributed by atoms with van der Waals surface area (Å²) < 4.78 is 3.83. The summed E-state index contributed by atoms with van der Waals surface area (Å²) in [6, 6.07) is -0.127. The van der Waals surface area contributed by atoms with Crippen LogP contribution < -0.4 is 10.6 Å².